The molecule has 1 unspecified atom stereocenters. The van der Waals surface area contributed by atoms with Gasteiger partial charge in [-0.25, -0.2) is 14.5 Å². The van der Waals surface area contributed by atoms with Gasteiger partial charge in [0.25, 0.3) is 5.56 Å². The van der Waals surface area contributed by atoms with Gasteiger partial charge in [-0.2, -0.15) is 10.1 Å². The van der Waals surface area contributed by atoms with Crippen LogP contribution in [0.3, 0.4) is 0 Å². The van der Waals surface area contributed by atoms with Gasteiger partial charge in [-0.15, -0.1) is 0 Å². The smallest absolute Gasteiger partial charge is 0.356 e. The first-order valence-corrected chi connectivity index (χ1v) is 13.1. The highest BCUT2D eigenvalue weighted by atomic mass is 35.5. The summed E-state index contributed by atoms with van der Waals surface area (Å²) in [6.07, 6.45) is 3.16. The van der Waals surface area contributed by atoms with Gasteiger partial charge in [0.05, 0.1) is 31.1 Å². The van der Waals surface area contributed by atoms with Crippen LogP contribution in [0.4, 0.5) is 0 Å². The Hall–Kier alpha value is -3.89. The van der Waals surface area contributed by atoms with E-state index in [0.717, 1.165) is 11.1 Å². The van der Waals surface area contributed by atoms with Crippen molar-refractivity contribution in [1.29, 1.82) is 0 Å². The Labute approximate surface area is 241 Å². The molecule has 4 aromatic rings. The highest BCUT2D eigenvalue weighted by Crippen LogP contribution is 2.40. The average molecular weight is 586 g/mol. The Bertz CT molecular complexity index is 1650. The fourth-order valence-corrected chi connectivity index (χ4v) is 5.43. The molecular formula is C28H29Cl2N5O5. The van der Waals surface area contributed by atoms with Crippen LogP contribution >= 0.6 is 23.2 Å². The van der Waals surface area contributed by atoms with Crippen molar-refractivity contribution in [2.75, 3.05) is 14.2 Å². The van der Waals surface area contributed by atoms with E-state index < -0.39 is 11.9 Å². The van der Waals surface area contributed by atoms with Gasteiger partial charge in [-0.05, 0) is 48.6 Å². The molecule has 0 amide bonds. The first kappa shape index (κ1) is 29.1. The molecule has 4 rings (SSSR count). The number of aryl methyl sites for hydroxylation is 2. The second kappa shape index (κ2) is 11.7. The third-order valence-electron chi connectivity index (χ3n) is 6.63. The lowest BCUT2D eigenvalue weighted by molar-refractivity contribution is 0.0688. The predicted octanol–water partition coefficient (Wildman–Crippen LogP) is 5.19. The van der Waals surface area contributed by atoms with Crippen molar-refractivity contribution < 1.29 is 19.4 Å². The van der Waals surface area contributed by atoms with E-state index in [1.54, 1.807) is 25.2 Å². The number of nitrogens with zero attached hydrogens (tertiary/aromatic N) is 5. The van der Waals surface area contributed by atoms with Crippen molar-refractivity contribution in [2.45, 2.75) is 39.0 Å². The summed E-state index contributed by atoms with van der Waals surface area (Å²) < 4.78 is 13.5. The second-order valence-corrected chi connectivity index (χ2v) is 10.5. The number of carbonyl (C=O) groups is 1. The molecule has 10 nitrogen and oxygen atoms in total. The monoisotopic (exact) mass is 585 g/mol. The molecule has 0 aliphatic carbocycles. The fraction of sp³-hybridized carbons (Fsp3) is 0.321. The Morgan fingerprint density at radius 2 is 1.85 bits per heavy atom. The second-order valence-electron chi connectivity index (χ2n) is 9.63. The molecule has 0 spiro atoms. The summed E-state index contributed by atoms with van der Waals surface area (Å²) >= 11 is 12.6. The highest BCUT2D eigenvalue weighted by Gasteiger charge is 2.34. The maximum absolute atomic E-state index is 13.2. The van der Waals surface area contributed by atoms with Gasteiger partial charge in [0.1, 0.15) is 5.69 Å². The van der Waals surface area contributed by atoms with E-state index in [1.165, 1.54) is 35.9 Å². The summed E-state index contributed by atoms with van der Waals surface area (Å²) in [5.74, 6) is -1.87. The zero-order valence-corrected chi connectivity index (χ0v) is 24.4. The van der Waals surface area contributed by atoms with Crippen LogP contribution in [-0.4, -0.2) is 49.6 Å². The van der Waals surface area contributed by atoms with E-state index in [1.807, 2.05) is 26.8 Å². The molecule has 0 saturated heterocycles. The van der Waals surface area contributed by atoms with E-state index in [0.29, 0.717) is 32.6 Å². The summed E-state index contributed by atoms with van der Waals surface area (Å²) in [6, 6.07) is 7.10. The molecule has 3 heterocycles. The van der Waals surface area contributed by atoms with E-state index in [4.69, 9.17) is 32.7 Å². The number of aromatic carboxylic acids is 1. The number of rotatable bonds is 9. The van der Waals surface area contributed by atoms with Gasteiger partial charge in [0, 0.05) is 35.3 Å². The van der Waals surface area contributed by atoms with Gasteiger partial charge < -0.3 is 19.1 Å². The molecule has 0 aliphatic rings. The third kappa shape index (κ3) is 5.55. The normalized spacial score (nSPS) is 12.0. The molecule has 210 valence electrons. The van der Waals surface area contributed by atoms with Crippen molar-refractivity contribution in [1.82, 2.24) is 24.3 Å². The maximum atomic E-state index is 13.2. The Morgan fingerprint density at radius 1 is 1.12 bits per heavy atom. The zero-order valence-electron chi connectivity index (χ0n) is 22.9. The number of hydrogen-bond acceptors (Lipinski definition) is 7. The molecule has 0 radical (unpaired) electrons. The highest BCUT2D eigenvalue weighted by molar-refractivity contribution is 6.30. The van der Waals surface area contributed by atoms with Crippen molar-refractivity contribution in [3.63, 3.8) is 0 Å². The number of hydrogen-bond donors (Lipinski definition) is 1. The van der Waals surface area contributed by atoms with E-state index in [2.05, 4.69) is 15.1 Å². The van der Waals surface area contributed by atoms with Crippen LogP contribution in [-0.2, 0) is 13.5 Å². The molecule has 0 fully saturated rings. The minimum Gasteiger partial charge on any atom is -0.479 e. The number of carboxylic acids is 1. The number of carboxylic acid groups (broad SMARTS) is 1. The molecule has 0 bridgehead atoms. The minimum absolute atomic E-state index is 0.0870. The summed E-state index contributed by atoms with van der Waals surface area (Å²) in [6.45, 7) is 5.76. The zero-order chi connectivity index (χ0) is 29.3. The lowest BCUT2D eigenvalue weighted by atomic mass is 9.81. The van der Waals surface area contributed by atoms with Crippen molar-refractivity contribution in [3.05, 3.63) is 90.7 Å². The summed E-state index contributed by atoms with van der Waals surface area (Å²) in [5.41, 5.74) is 3.05. The van der Waals surface area contributed by atoms with Crippen LogP contribution in [0.25, 0.3) is 5.69 Å². The lowest BCUT2D eigenvalue weighted by Crippen LogP contribution is -2.23. The molecule has 0 aliphatic heterocycles. The maximum Gasteiger partial charge on any atom is 0.356 e. The summed E-state index contributed by atoms with van der Waals surface area (Å²) in [4.78, 5) is 34.4. The SMILES string of the molecule is COc1ncc(-n2nc(C(=O)O)c(C(Cc3cc(Cl)cn(C)c3=O)c3ccc(Cl)cc3C)c2C(C)C)c(OC)n1. The van der Waals surface area contributed by atoms with Crippen LogP contribution in [0, 0.1) is 6.92 Å². The van der Waals surface area contributed by atoms with Crippen molar-refractivity contribution >= 4 is 29.2 Å². The van der Waals surface area contributed by atoms with Crippen LogP contribution < -0.4 is 15.0 Å². The topological polar surface area (TPSA) is 121 Å². The van der Waals surface area contributed by atoms with Crippen molar-refractivity contribution in [3.8, 4) is 17.6 Å². The van der Waals surface area contributed by atoms with E-state index in [-0.39, 0.29) is 35.5 Å². The molecule has 1 aromatic carbocycles. The number of benzene rings is 1. The molecule has 1 N–H and O–H groups in total. The third-order valence-corrected chi connectivity index (χ3v) is 7.07. The summed E-state index contributed by atoms with van der Waals surface area (Å²) in [5, 5.41) is 15.9. The minimum atomic E-state index is -1.22. The number of ether oxygens (including phenoxy) is 2. The van der Waals surface area contributed by atoms with Crippen molar-refractivity contribution in [2.24, 2.45) is 7.05 Å². The van der Waals surface area contributed by atoms with Gasteiger partial charge in [-0.3, -0.25) is 4.79 Å². The summed E-state index contributed by atoms with van der Waals surface area (Å²) in [7, 11) is 4.50. The Balaban J connectivity index is 2.08. The quantitative estimate of drug-likeness (QED) is 0.285. The van der Waals surface area contributed by atoms with Gasteiger partial charge >= 0.3 is 12.0 Å². The first-order chi connectivity index (χ1) is 19.0. The van der Waals surface area contributed by atoms with Crippen LogP contribution in [0.1, 0.15) is 64.1 Å². The number of halogens is 2. The Morgan fingerprint density at radius 3 is 2.45 bits per heavy atom. The van der Waals surface area contributed by atoms with Crippen LogP contribution in [0.15, 0.2) is 41.5 Å². The lowest BCUT2D eigenvalue weighted by Gasteiger charge is -2.23. The predicted molar refractivity (Wildman–Crippen MR) is 152 cm³/mol. The number of pyridine rings is 1. The Kier molecular flexibility index (Phi) is 8.51. The first-order valence-electron chi connectivity index (χ1n) is 12.4. The number of aromatic nitrogens is 5. The largest absolute Gasteiger partial charge is 0.479 e. The van der Waals surface area contributed by atoms with Crippen LogP contribution in [0.5, 0.6) is 11.9 Å². The van der Waals surface area contributed by atoms with E-state index >= 15 is 0 Å². The molecule has 0 saturated carbocycles. The van der Waals surface area contributed by atoms with Gasteiger partial charge in [0.15, 0.2) is 5.69 Å². The van der Waals surface area contributed by atoms with E-state index in [9.17, 15) is 14.7 Å². The van der Waals surface area contributed by atoms with Gasteiger partial charge in [0.2, 0.25) is 5.88 Å². The van der Waals surface area contributed by atoms with Gasteiger partial charge in [-0.1, -0.05) is 43.1 Å². The standard InChI is InChI=1S/C28H29Cl2N5O5/c1-14(2)24-22(23(27(37)38)33-35(24)21-12-31-28(40-6)32-25(21)39-5)20(19-8-7-17(29)9-15(19)3)11-16-10-18(30)13-34(4)26(16)36/h7-10,12-14,20H,11H2,1-6H3,(H,37,38). The molecular weight excluding hydrogens is 557 g/mol. The average Bonchev–Trinajstić information content (AvgIpc) is 3.30. The molecule has 12 heteroatoms. The fourth-order valence-electron chi connectivity index (χ4n) is 4.92. The van der Waals surface area contributed by atoms with Crippen LogP contribution in [0.2, 0.25) is 10.0 Å². The number of methoxy groups -OCH3 is 2. The molecule has 1 atom stereocenters. The molecule has 3 aromatic heterocycles. The molecule has 40 heavy (non-hydrogen) atoms.